The molecular formula is C25H20BrN3O2S2. The predicted octanol–water partition coefficient (Wildman–Crippen LogP) is 6.01. The highest BCUT2D eigenvalue weighted by Crippen LogP contribution is 2.24. The number of para-hydroxylation sites is 1. The normalized spacial score (nSPS) is 11.9. The Kier molecular flexibility index (Phi) is 6.88. The number of hydrogen-bond donors (Lipinski definition) is 0. The number of hydrogen-bond acceptors (Lipinski definition) is 5. The van der Waals surface area contributed by atoms with Gasteiger partial charge in [0.1, 0.15) is 5.88 Å². The maximum absolute atomic E-state index is 13.3. The van der Waals surface area contributed by atoms with Gasteiger partial charge in [-0.05, 0) is 46.6 Å². The van der Waals surface area contributed by atoms with Crippen molar-refractivity contribution in [1.82, 2.24) is 8.94 Å². The van der Waals surface area contributed by atoms with Crippen molar-refractivity contribution < 1.29 is 8.42 Å². The van der Waals surface area contributed by atoms with E-state index in [2.05, 4.69) is 9.98 Å². The van der Waals surface area contributed by atoms with Gasteiger partial charge in [-0.1, -0.05) is 78.9 Å². The summed E-state index contributed by atoms with van der Waals surface area (Å²) in [7, 11) is -3.60. The lowest BCUT2D eigenvalue weighted by molar-refractivity contribution is 0.587. The van der Waals surface area contributed by atoms with Crippen molar-refractivity contribution >= 4 is 54.8 Å². The van der Waals surface area contributed by atoms with E-state index in [1.165, 1.54) is 11.5 Å². The second-order valence-electron chi connectivity index (χ2n) is 7.25. The Morgan fingerprint density at radius 2 is 1.42 bits per heavy atom. The van der Waals surface area contributed by atoms with Crippen LogP contribution in [0.4, 0.5) is 5.69 Å². The summed E-state index contributed by atoms with van der Waals surface area (Å²) in [5.41, 5.74) is 1.61. The summed E-state index contributed by atoms with van der Waals surface area (Å²) in [6.07, 6.45) is 0. The Labute approximate surface area is 206 Å². The van der Waals surface area contributed by atoms with Crippen LogP contribution in [-0.4, -0.2) is 17.4 Å². The van der Waals surface area contributed by atoms with E-state index in [4.69, 9.17) is 0 Å². The van der Waals surface area contributed by atoms with Crippen LogP contribution in [0, 0.1) is 0 Å². The third-order valence-corrected chi connectivity index (χ3v) is 7.61. The molecule has 1 heterocycles. The van der Waals surface area contributed by atoms with Crippen LogP contribution in [0.3, 0.4) is 0 Å². The smallest absolute Gasteiger partial charge is 0.228 e. The van der Waals surface area contributed by atoms with Crippen molar-refractivity contribution in [3.05, 3.63) is 108 Å². The van der Waals surface area contributed by atoms with Crippen LogP contribution >= 0.6 is 28.5 Å². The summed E-state index contributed by atoms with van der Waals surface area (Å²) in [6, 6.07) is 32.0. The summed E-state index contributed by atoms with van der Waals surface area (Å²) in [5.74, 6) is 0.368. The van der Waals surface area contributed by atoms with Crippen molar-refractivity contribution in [2.45, 2.75) is 10.8 Å². The van der Waals surface area contributed by atoms with Crippen LogP contribution < -0.4 is 4.80 Å². The van der Waals surface area contributed by atoms with Crippen LogP contribution in [0.15, 0.2) is 113 Å². The lowest BCUT2D eigenvalue weighted by Gasteiger charge is -2.09. The fourth-order valence-electron chi connectivity index (χ4n) is 3.44. The van der Waals surface area contributed by atoms with Crippen molar-refractivity contribution in [1.29, 1.82) is 0 Å². The lowest BCUT2D eigenvalue weighted by Crippen LogP contribution is -2.11. The minimum atomic E-state index is -3.60. The molecule has 0 atom stereocenters. The Morgan fingerprint density at radius 1 is 0.788 bits per heavy atom. The van der Waals surface area contributed by atoms with Crippen molar-refractivity contribution in [3.8, 4) is 11.4 Å². The minimum absolute atomic E-state index is 0. The predicted molar refractivity (Wildman–Crippen MR) is 139 cm³/mol. The highest BCUT2D eigenvalue weighted by molar-refractivity contribution is 8.93. The summed E-state index contributed by atoms with van der Waals surface area (Å²) in [4.78, 5) is 10.0. The molecule has 166 valence electrons. The van der Waals surface area contributed by atoms with E-state index in [1.54, 1.807) is 16.1 Å². The van der Waals surface area contributed by atoms with Crippen molar-refractivity contribution in [3.63, 3.8) is 0 Å². The monoisotopic (exact) mass is 537 g/mol. The van der Waals surface area contributed by atoms with E-state index in [9.17, 15) is 8.42 Å². The van der Waals surface area contributed by atoms with Gasteiger partial charge in [-0.2, -0.15) is 4.98 Å². The second-order valence-corrected chi connectivity index (χ2v) is 10.2. The largest absolute Gasteiger partial charge is 0.262 e. The van der Waals surface area contributed by atoms with Gasteiger partial charge < -0.3 is 0 Å². The molecule has 5 aromatic rings. The average Bonchev–Trinajstić information content (AvgIpc) is 3.21. The van der Waals surface area contributed by atoms with Gasteiger partial charge in [0.2, 0.25) is 4.80 Å². The van der Waals surface area contributed by atoms with Crippen LogP contribution in [-0.2, 0) is 15.7 Å². The zero-order chi connectivity index (χ0) is 22.0. The molecule has 0 saturated carbocycles. The average molecular weight is 538 g/mol. The molecule has 5 nitrogen and oxygen atoms in total. The SMILES string of the molecule is Br.O=S(=O)(Cn1sc(=Nc2ccccc2)nc1-c1ccccc1)c1ccc2ccccc2c1. The Balaban J connectivity index is 0.00000259. The zero-order valence-electron chi connectivity index (χ0n) is 17.4. The van der Waals surface area contributed by atoms with Gasteiger partial charge in [-0.15, -0.1) is 17.0 Å². The van der Waals surface area contributed by atoms with Crippen LogP contribution in [0.5, 0.6) is 0 Å². The first-order valence-corrected chi connectivity index (χ1v) is 12.5. The van der Waals surface area contributed by atoms with Gasteiger partial charge in [-0.3, -0.25) is 3.96 Å². The summed E-state index contributed by atoms with van der Waals surface area (Å²) >= 11 is 1.23. The first-order chi connectivity index (χ1) is 15.6. The molecule has 4 aromatic carbocycles. The lowest BCUT2D eigenvalue weighted by atomic mass is 10.1. The van der Waals surface area contributed by atoms with Gasteiger partial charge in [0, 0.05) is 5.56 Å². The van der Waals surface area contributed by atoms with E-state index in [1.807, 2.05) is 91.0 Å². The molecule has 0 bridgehead atoms. The van der Waals surface area contributed by atoms with Crippen LogP contribution in [0.1, 0.15) is 0 Å². The fourth-order valence-corrected chi connectivity index (χ4v) is 5.93. The molecule has 0 N–H and O–H groups in total. The standard InChI is InChI=1S/C25H19N3O2S2.BrH/c29-32(30,23-16-15-19-9-7-8-12-21(19)17-23)18-28-24(20-10-3-1-4-11-20)27-25(31-28)26-22-13-5-2-6-14-22;/h1-17H,18H2;1H. The van der Waals surface area contributed by atoms with Crippen LogP contribution in [0.2, 0.25) is 0 Å². The van der Waals surface area contributed by atoms with Gasteiger partial charge in [-0.25, -0.2) is 13.4 Å². The third kappa shape index (κ3) is 5.13. The van der Waals surface area contributed by atoms with Crippen molar-refractivity contribution in [2.24, 2.45) is 4.99 Å². The molecule has 0 spiro atoms. The number of aromatic nitrogens is 2. The minimum Gasteiger partial charge on any atom is -0.262 e. The molecule has 0 fully saturated rings. The highest BCUT2D eigenvalue weighted by atomic mass is 79.9. The number of halogens is 1. The fraction of sp³-hybridized carbons (Fsp3) is 0.0400. The molecule has 0 radical (unpaired) electrons. The van der Waals surface area contributed by atoms with E-state index in [0.29, 0.717) is 10.6 Å². The molecule has 8 heteroatoms. The van der Waals surface area contributed by atoms with Gasteiger partial charge in [0.25, 0.3) is 0 Å². The number of sulfone groups is 1. The number of fused-ring (bicyclic) bond motifs is 1. The Morgan fingerprint density at radius 3 is 2.15 bits per heavy atom. The number of nitrogens with zero attached hydrogens (tertiary/aromatic N) is 3. The maximum Gasteiger partial charge on any atom is 0.228 e. The second kappa shape index (κ2) is 9.82. The highest BCUT2D eigenvalue weighted by Gasteiger charge is 2.20. The third-order valence-electron chi connectivity index (χ3n) is 5.01. The summed E-state index contributed by atoms with van der Waals surface area (Å²) in [6.45, 7) is 0. The van der Waals surface area contributed by atoms with E-state index < -0.39 is 9.84 Å². The molecule has 0 aliphatic carbocycles. The van der Waals surface area contributed by atoms with Gasteiger partial charge in [0.15, 0.2) is 15.7 Å². The first kappa shape index (κ1) is 23.1. The topological polar surface area (TPSA) is 64.3 Å². The molecular weight excluding hydrogens is 518 g/mol. The molecule has 0 amide bonds. The van der Waals surface area contributed by atoms with Crippen molar-refractivity contribution in [2.75, 3.05) is 0 Å². The summed E-state index contributed by atoms with van der Waals surface area (Å²) < 4.78 is 28.3. The maximum atomic E-state index is 13.3. The Bertz CT molecular complexity index is 1560. The van der Waals surface area contributed by atoms with E-state index in [-0.39, 0.29) is 27.8 Å². The molecule has 0 saturated heterocycles. The Hall–Kier alpha value is -3.07. The first-order valence-electron chi connectivity index (χ1n) is 10.0. The molecule has 5 rings (SSSR count). The molecule has 0 unspecified atom stereocenters. The molecule has 33 heavy (non-hydrogen) atoms. The van der Waals surface area contributed by atoms with E-state index in [0.717, 1.165) is 22.0 Å². The molecule has 1 aromatic heterocycles. The molecule has 0 aliphatic rings. The quantitative estimate of drug-likeness (QED) is 0.276. The summed E-state index contributed by atoms with van der Waals surface area (Å²) in [5, 5.41) is 1.90. The van der Waals surface area contributed by atoms with Gasteiger partial charge >= 0.3 is 0 Å². The van der Waals surface area contributed by atoms with Gasteiger partial charge in [0.05, 0.1) is 10.6 Å². The van der Waals surface area contributed by atoms with Crippen LogP contribution in [0.25, 0.3) is 22.2 Å². The zero-order valence-corrected chi connectivity index (χ0v) is 20.8. The number of rotatable bonds is 5. The van der Waals surface area contributed by atoms with E-state index >= 15 is 0 Å². The molecule has 0 aliphatic heterocycles. The number of benzene rings is 4.